The largest absolute Gasteiger partial charge is 0.381 e. The second kappa shape index (κ2) is 7.42. The lowest BCUT2D eigenvalue weighted by Crippen LogP contribution is -2.56. The van der Waals surface area contributed by atoms with E-state index < -0.39 is 5.54 Å². The normalized spacial score (nSPS) is 18.2. The molecule has 0 aromatic rings. The fourth-order valence-corrected chi connectivity index (χ4v) is 2.27. The van der Waals surface area contributed by atoms with Gasteiger partial charge in [-0.1, -0.05) is 27.4 Å². The Hall–Kier alpha value is -1.13. The number of rotatable bonds is 5. The number of hydrogen-bond donors (Lipinski definition) is 2. The van der Waals surface area contributed by atoms with Crippen molar-refractivity contribution in [2.45, 2.75) is 66.0 Å². The molecular weight excluding hydrogens is 276 g/mol. The highest BCUT2D eigenvalue weighted by Crippen LogP contribution is 2.25. The van der Waals surface area contributed by atoms with E-state index >= 15 is 0 Å². The molecule has 1 fully saturated rings. The fraction of sp³-hybridized carbons (Fsp3) is 0.722. The van der Waals surface area contributed by atoms with Crippen LogP contribution < -0.4 is 10.6 Å². The van der Waals surface area contributed by atoms with Crippen molar-refractivity contribution >= 4 is 5.91 Å². The van der Waals surface area contributed by atoms with E-state index in [1.165, 1.54) is 0 Å². The molecule has 1 aliphatic rings. The van der Waals surface area contributed by atoms with Crippen molar-refractivity contribution in [2.24, 2.45) is 5.41 Å². The smallest absolute Gasteiger partial charge is 0.243 e. The van der Waals surface area contributed by atoms with Crippen molar-refractivity contribution < 1.29 is 9.53 Å². The minimum Gasteiger partial charge on any atom is -0.381 e. The number of allylic oxidation sites excluding steroid dienone is 3. The van der Waals surface area contributed by atoms with Gasteiger partial charge >= 0.3 is 0 Å². The quantitative estimate of drug-likeness (QED) is 0.767. The lowest BCUT2D eigenvalue weighted by atomic mass is 9.87. The van der Waals surface area contributed by atoms with Crippen LogP contribution in [0.5, 0.6) is 0 Å². The number of hydrogen-bond acceptors (Lipinski definition) is 3. The van der Waals surface area contributed by atoms with Crippen LogP contribution in [0.25, 0.3) is 0 Å². The summed E-state index contributed by atoms with van der Waals surface area (Å²) in [5, 5.41) is 6.42. The maximum atomic E-state index is 12.5. The lowest BCUT2D eigenvalue weighted by Gasteiger charge is -2.33. The van der Waals surface area contributed by atoms with E-state index in [1.807, 2.05) is 26.8 Å². The zero-order valence-corrected chi connectivity index (χ0v) is 15.0. The molecule has 1 amide bonds. The van der Waals surface area contributed by atoms with Crippen LogP contribution in [0.2, 0.25) is 0 Å². The van der Waals surface area contributed by atoms with Crippen LogP contribution in [0.4, 0.5) is 0 Å². The Kier molecular flexibility index (Phi) is 6.38. The predicted molar refractivity (Wildman–Crippen MR) is 91.6 cm³/mol. The molecule has 0 spiro atoms. The third-order valence-corrected chi connectivity index (χ3v) is 4.02. The molecule has 0 aromatic carbocycles. The van der Waals surface area contributed by atoms with Gasteiger partial charge in [-0.15, -0.1) is 0 Å². The molecule has 1 aliphatic heterocycles. The monoisotopic (exact) mass is 308 g/mol. The van der Waals surface area contributed by atoms with Crippen LogP contribution in [0, 0.1) is 5.41 Å². The minimum absolute atomic E-state index is 0.00184. The van der Waals surface area contributed by atoms with Gasteiger partial charge in [0.1, 0.15) is 0 Å². The first-order valence-electron chi connectivity index (χ1n) is 8.07. The molecule has 0 aliphatic carbocycles. The van der Waals surface area contributed by atoms with E-state index in [9.17, 15) is 4.79 Å². The Balaban J connectivity index is 2.61. The van der Waals surface area contributed by atoms with Crippen LogP contribution >= 0.6 is 0 Å². The fourth-order valence-electron chi connectivity index (χ4n) is 2.27. The number of carbonyl (C=O) groups is 1. The number of amides is 1. The van der Waals surface area contributed by atoms with Gasteiger partial charge in [-0.3, -0.25) is 4.79 Å². The first-order valence-corrected chi connectivity index (χ1v) is 8.07. The van der Waals surface area contributed by atoms with Gasteiger partial charge in [0.25, 0.3) is 0 Å². The van der Waals surface area contributed by atoms with Crippen LogP contribution in [-0.2, 0) is 9.53 Å². The standard InChI is InChI=1S/C18H32N2O2/c1-13(17(3,4)5)12-14(2)19-16(21)18(6,7)20-15-8-10-22-11-9-15/h12,15,20H,1,8-11H2,2-7H3,(H,19,21)/b14-12+. The summed E-state index contributed by atoms with van der Waals surface area (Å²) >= 11 is 0. The topological polar surface area (TPSA) is 50.4 Å². The lowest BCUT2D eigenvalue weighted by molar-refractivity contribution is -0.126. The SMILES string of the molecule is C=C(/C=C(\C)NC(=O)C(C)(C)NC1CCOCC1)C(C)(C)C. The molecule has 0 bridgehead atoms. The summed E-state index contributed by atoms with van der Waals surface area (Å²) in [7, 11) is 0. The van der Waals surface area contributed by atoms with Crippen molar-refractivity contribution in [1.29, 1.82) is 0 Å². The van der Waals surface area contributed by atoms with Crippen LogP contribution in [0.1, 0.15) is 54.4 Å². The van der Waals surface area contributed by atoms with Crippen molar-refractivity contribution in [3.63, 3.8) is 0 Å². The molecule has 1 rings (SSSR count). The first kappa shape index (κ1) is 18.9. The molecule has 4 heteroatoms. The number of carbonyl (C=O) groups excluding carboxylic acids is 1. The van der Waals surface area contributed by atoms with E-state index in [1.54, 1.807) is 0 Å². The molecule has 0 unspecified atom stereocenters. The Morgan fingerprint density at radius 1 is 1.18 bits per heavy atom. The van der Waals surface area contributed by atoms with E-state index in [2.05, 4.69) is 38.0 Å². The Bertz CT molecular complexity index is 438. The van der Waals surface area contributed by atoms with E-state index in [4.69, 9.17) is 4.74 Å². The maximum Gasteiger partial charge on any atom is 0.243 e. The average Bonchev–Trinajstić information content (AvgIpc) is 2.37. The highest BCUT2D eigenvalue weighted by molar-refractivity contribution is 5.86. The molecule has 0 aromatic heterocycles. The van der Waals surface area contributed by atoms with Gasteiger partial charge in [0, 0.05) is 25.0 Å². The molecule has 2 N–H and O–H groups in total. The molecule has 22 heavy (non-hydrogen) atoms. The second-order valence-corrected chi connectivity index (χ2v) is 7.71. The number of ether oxygens (including phenoxy) is 1. The summed E-state index contributed by atoms with van der Waals surface area (Å²) in [5.74, 6) is -0.0190. The van der Waals surface area contributed by atoms with Gasteiger partial charge in [-0.2, -0.15) is 0 Å². The van der Waals surface area contributed by atoms with Gasteiger partial charge in [-0.25, -0.2) is 0 Å². The molecule has 1 heterocycles. The van der Waals surface area contributed by atoms with Gasteiger partial charge in [0.15, 0.2) is 0 Å². The van der Waals surface area contributed by atoms with E-state index in [-0.39, 0.29) is 11.3 Å². The zero-order valence-electron chi connectivity index (χ0n) is 15.0. The van der Waals surface area contributed by atoms with Crippen LogP contribution in [0.3, 0.4) is 0 Å². The molecule has 0 saturated carbocycles. The highest BCUT2D eigenvalue weighted by atomic mass is 16.5. The Morgan fingerprint density at radius 2 is 1.73 bits per heavy atom. The molecule has 4 nitrogen and oxygen atoms in total. The summed E-state index contributed by atoms with van der Waals surface area (Å²) in [6.45, 7) is 17.7. The van der Waals surface area contributed by atoms with Crippen molar-refractivity contribution in [1.82, 2.24) is 10.6 Å². The molecular formula is C18H32N2O2. The summed E-state index contributed by atoms with van der Waals surface area (Å²) in [6, 6.07) is 0.336. The summed E-state index contributed by atoms with van der Waals surface area (Å²) in [4.78, 5) is 12.5. The van der Waals surface area contributed by atoms with Gasteiger partial charge in [0.2, 0.25) is 5.91 Å². The molecule has 1 saturated heterocycles. The van der Waals surface area contributed by atoms with Crippen LogP contribution in [-0.4, -0.2) is 30.7 Å². The van der Waals surface area contributed by atoms with Crippen molar-refractivity contribution in [3.8, 4) is 0 Å². The molecule has 126 valence electrons. The highest BCUT2D eigenvalue weighted by Gasteiger charge is 2.31. The van der Waals surface area contributed by atoms with Crippen molar-refractivity contribution in [2.75, 3.05) is 13.2 Å². The number of nitrogens with one attached hydrogen (secondary N) is 2. The summed E-state index contributed by atoms with van der Waals surface area (Å²) < 4.78 is 5.36. The predicted octanol–water partition coefficient (Wildman–Crippen LogP) is 3.16. The zero-order chi connectivity index (χ0) is 17.0. The second-order valence-electron chi connectivity index (χ2n) is 7.71. The van der Waals surface area contributed by atoms with Crippen LogP contribution in [0.15, 0.2) is 23.9 Å². The first-order chi connectivity index (χ1) is 10.0. The third-order valence-electron chi connectivity index (χ3n) is 4.02. The molecule has 0 radical (unpaired) electrons. The minimum atomic E-state index is -0.611. The Labute approximate surface area is 135 Å². The van der Waals surface area contributed by atoms with Gasteiger partial charge in [0.05, 0.1) is 5.54 Å². The third kappa shape index (κ3) is 5.93. The Morgan fingerprint density at radius 3 is 2.23 bits per heavy atom. The van der Waals surface area contributed by atoms with Crippen molar-refractivity contribution in [3.05, 3.63) is 23.9 Å². The molecule has 0 atom stereocenters. The maximum absolute atomic E-state index is 12.5. The average molecular weight is 308 g/mol. The van der Waals surface area contributed by atoms with E-state index in [0.29, 0.717) is 6.04 Å². The van der Waals surface area contributed by atoms with E-state index in [0.717, 1.165) is 37.3 Å². The van der Waals surface area contributed by atoms with Gasteiger partial charge < -0.3 is 15.4 Å². The summed E-state index contributed by atoms with van der Waals surface area (Å²) in [6.07, 6.45) is 3.85. The van der Waals surface area contributed by atoms with Gasteiger partial charge in [-0.05, 0) is 50.7 Å². The summed E-state index contributed by atoms with van der Waals surface area (Å²) in [5.41, 5.74) is 1.22.